The Balaban J connectivity index is 1.84. The van der Waals surface area contributed by atoms with E-state index in [2.05, 4.69) is 22.2 Å². The van der Waals surface area contributed by atoms with Crippen LogP contribution in [0, 0.1) is 11.3 Å². The van der Waals surface area contributed by atoms with Crippen LogP contribution in [0.5, 0.6) is 0 Å². The maximum absolute atomic E-state index is 13.3. The lowest BCUT2D eigenvalue weighted by Gasteiger charge is -2.36. The zero-order valence-electron chi connectivity index (χ0n) is 18.5. The molecule has 0 aromatic heterocycles. The van der Waals surface area contributed by atoms with Crippen molar-refractivity contribution in [1.82, 2.24) is 16.2 Å². The number of halogens is 3. The molecule has 34 heavy (non-hydrogen) atoms. The summed E-state index contributed by atoms with van der Waals surface area (Å²) in [6.45, 7) is 4.09. The van der Waals surface area contributed by atoms with E-state index in [9.17, 15) is 28.0 Å². The summed E-state index contributed by atoms with van der Waals surface area (Å²) in [5.74, 6) is -0.326. The van der Waals surface area contributed by atoms with Crippen LogP contribution in [0.2, 0.25) is 0 Å². The van der Waals surface area contributed by atoms with Crippen LogP contribution in [0.3, 0.4) is 0 Å². The predicted octanol–water partition coefficient (Wildman–Crippen LogP) is 3.90. The quantitative estimate of drug-likeness (QED) is 0.631. The maximum atomic E-state index is 13.3. The number of allylic oxidation sites excluding steroid dienone is 1. The first-order valence-corrected chi connectivity index (χ1v) is 10.6. The van der Waals surface area contributed by atoms with Crippen molar-refractivity contribution in [1.29, 1.82) is 5.26 Å². The molecule has 2 aromatic carbocycles. The molecule has 2 aromatic rings. The van der Waals surface area contributed by atoms with E-state index < -0.39 is 23.8 Å². The number of ketones is 1. The fourth-order valence-electron chi connectivity index (χ4n) is 4.51. The van der Waals surface area contributed by atoms with Gasteiger partial charge in [0.1, 0.15) is 0 Å². The van der Waals surface area contributed by atoms with Crippen LogP contribution >= 0.6 is 0 Å². The van der Waals surface area contributed by atoms with Gasteiger partial charge < -0.3 is 5.32 Å². The van der Waals surface area contributed by atoms with E-state index in [1.807, 2.05) is 0 Å². The van der Waals surface area contributed by atoms with Crippen molar-refractivity contribution in [3.8, 4) is 6.07 Å². The summed E-state index contributed by atoms with van der Waals surface area (Å²) in [5, 5.41) is 12.2. The lowest BCUT2D eigenvalue weighted by Crippen LogP contribution is -2.48. The fourth-order valence-corrected chi connectivity index (χ4v) is 4.51. The minimum absolute atomic E-state index is 0.00443. The Labute approximate surface area is 194 Å². The highest BCUT2D eigenvalue weighted by atomic mass is 19.4. The molecule has 2 aliphatic heterocycles. The Hall–Kier alpha value is -3.68. The van der Waals surface area contributed by atoms with Gasteiger partial charge in [0.2, 0.25) is 0 Å². The van der Waals surface area contributed by atoms with Crippen molar-refractivity contribution in [3.05, 3.63) is 76.0 Å². The van der Waals surface area contributed by atoms with Gasteiger partial charge in [-0.2, -0.15) is 18.4 Å². The van der Waals surface area contributed by atoms with Crippen molar-refractivity contribution in [2.45, 2.75) is 32.0 Å². The lowest BCUT2D eigenvalue weighted by molar-refractivity contribution is -0.137. The van der Waals surface area contributed by atoms with Crippen molar-refractivity contribution in [3.63, 3.8) is 0 Å². The summed E-state index contributed by atoms with van der Waals surface area (Å²) in [5.41, 5.74) is 7.61. The number of carbonyl (C=O) groups is 2. The van der Waals surface area contributed by atoms with Gasteiger partial charge in [0, 0.05) is 30.3 Å². The number of Topliss-reactive ketones (excluding diaryl/α,β-unsaturated/α-hetero) is 1. The number of nitriles is 1. The molecule has 0 spiro atoms. The average Bonchev–Trinajstić information content (AvgIpc) is 3.32. The van der Waals surface area contributed by atoms with E-state index in [0.29, 0.717) is 24.2 Å². The number of alkyl halides is 3. The first kappa shape index (κ1) is 23.5. The number of rotatable bonds is 4. The molecule has 1 saturated heterocycles. The highest BCUT2D eigenvalue weighted by molar-refractivity contribution is 6.05. The molecule has 2 heterocycles. The van der Waals surface area contributed by atoms with Crippen LogP contribution in [0.25, 0.3) is 0 Å². The standard InChI is InChI=1S/C24H22F3N5O2/c1-13-21(14(2)33)22(19-7-6-15(10-28)8-20(19)16-11-29-30-12-16)31-23(34)32(13)18-5-3-4-17(9-18)24(25,26)27/h3-9,16,22,29-30H,11-12H2,1-2H3,(H,31,34). The van der Waals surface area contributed by atoms with Crippen LogP contribution in [-0.2, 0) is 11.0 Å². The van der Waals surface area contributed by atoms with Gasteiger partial charge in [0.15, 0.2) is 5.78 Å². The molecule has 3 N–H and O–H groups in total. The number of hydrogen-bond acceptors (Lipinski definition) is 5. The largest absolute Gasteiger partial charge is 0.416 e. The summed E-state index contributed by atoms with van der Waals surface area (Å²) in [6.07, 6.45) is -4.58. The van der Waals surface area contributed by atoms with Crippen molar-refractivity contribution < 1.29 is 22.8 Å². The number of carbonyl (C=O) groups excluding carboxylic acids is 2. The van der Waals surface area contributed by atoms with E-state index in [4.69, 9.17) is 0 Å². The number of urea groups is 1. The third-order valence-corrected chi connectivity index (χ3v) is 6.08. The Bertz CT molecular complexity index is 1230. The van der Waals surface area contributed by atoms with Gasteiger partial charge in [-0.1, -0.05) is 12.1 Å². The lowest BCUT2D eigenvalue weighted by atomic mass is 9.84. The molecule has 4 rings (SSSR count). The number of amides is 2. The van der Waals surface area contributed by atoms with Gasteiger partial charge in [-0.3, -0.25) is 20.5 Å². The third kappa shape index (κ3) is 4.27. The molecule has 10 heteroatoms. The first-order valence-electron chi connectivity index (χ1n) is 10.6. The summed E-state index contributed by atoms with van der Waals surface area (Å²) >= 11 is 0. The van der Waals surface area contributed by atoms with E-state index in [1.165, 1.54) is 19.1 Å². The molecule has 7 nitrogen and oxygen atoms in total. The Morgan fingerprint density at radius 2 is 1.82 bits per heavy atom. The zero-order valence-corrected chi connectivity index (χ0v) is 18.5. The molecule has 2 aliphatic rings. The molecule has 176 valence electrons. The van der Waals surface area contributed by atoms with Crippen LogP contribution in [0.4, 0.5) is 23.7 Å². The smallest absolute Gasteiger partial charge is 0.326 e. The number of benzene rings is 2. The second kappa shape index (κ2) is 8.93. The number of hydrazine groups is 1. The molecular formula is C24H22F3N5O2. The van der Waals surface area contributed by atoms with Crippen molar-refractivity contribution in [2.75, 3.05) is 18.0 Å². The number of anilines is 1. The predicted molar refractivity (Wildman–Crippen MR) is 118 cm³/mol. The van der Waals surface area contributed by atoms with Gasteiger partial charge in [-0.05, 0) is 55.3 Å². The summed E-state index contributed by atoms with van der Waals surface area (Å²) in [7, 11) is 0. The van der Waals surface area contributed by atoms with Crippen molar-refractivity contribution >= 4 is 17.5 Å². The van der Waals surface area contributed by atoms with E-state index >= 15 is 0 Å². The summed E-state index contributed by atoms with van der Waals surface area (Å²) in [6, 6.07) is 10.1. The molecular weight excluding hydrogens is 447 g/mol. The first-order chi connectivity index (χ1) is 16.1. The van der Waals surface area contributed by atoms with Crippen LogP contribution in [0.15, 0.2) is 53.7 Å². The Morgan fingerprint density at radius 3 is 2.44 bits per heavy atom. The molecule has 0 aliphatic carbocycles. The summed E-state index contributed by atoms with van der Waals surface area (Å²) < 4.78 is 39.8. The van der Waals surface area contributed by atoms with E-state index in [-0.39, 0.29) is 28.7 Å². The SMILES string of the molecule is CC(=O)C1=C(C)N(c2cccc(C(F)(F)F)c2)C(=O)NC1c1ccc(C#N)cc1C1CNNC1. The van der Waals surface area contributed by atoms with Crippen LogP contribution in [-0.4, -0.2) is 24.9 Å². The highest BCUT2D eigenvalue weighted by Gasteiger charge is 2.38. The summed E-state index contributed by atoms with van der Waals surface area (Å²) in [4.78, 5) is 27.0. The van der Waals surface area contributed by atoms with Gasteiger partial charge in [-0.25, -0.2) is 4.79 Å². The number of nitrogens with zero attached hydrogens (tertiary/aromatic N) is 2. The molecule has 2 amide bonds. The van der Waals surface area contributed by atoms with E-state index in [0.717, 1.165) is 22.6 Å². The third-order valence-electron chi connectivity index (χ3n) is 6.08. The molecule has 1 unspecified atom stereocenters. The second-order valence-electron chi connectivity index (χ2n) is 8.24. The van der Waals surface area contributed by atoms with E-state index in [1.54, 1.807) is 25.1 Å². The minimum atomic E-state index is -4.58. The number of nitrogens with one attached hydrogen (secondary N) is 3. The Morgan fingerprint density at radius 1 is 1.12 bits per heavy atom. The van der Waals surface area contributed by atoms with Crippen LogP contribution < -0.4 is 21.1 Å². The van der Waals surface area contributed by atoms with Crippen LogP contribution in [0.1, 0.15) is 48.1 Å². The molecule has 1 atom stereocenters. The minimum Gasteiger partial charge on any atom is -0.326 e. The molecule has 1 fully saturated rings. The fraction of sp³-hybridized carbons (Fsp3) is 0.292. The molecule has 0 saturated carbocycles. The molecule has 0 radical (unpaired) electrons. The zero-order chi connectivity index (χ0) is 24.6. The average molecular weight is 469 g/mol. The number of hydrogen-bond donors (Lipinski definition) is 3. The normalized spacial score (nSPS) is 19.2. The topological polar surface area (TPSA) is 97.3 Å². The van der Waals surface area contributed by atoms with Gasteiger partial charge in [0.25, 0.3) is 0 Å². The second-order valence-corrected chi connectivity index (χ2v) is 8.24. The Kier molecular flexibility index (Phi) is 6.17. The monoisotopic (exact) mass is 469 g/mol. The van der Waals surface area contributed by atoms with Gasteiger partial charge in [0.05, 0.1) is 28.9 Å². The van der Waals surface area contributed by atoms with Crippen molar-refractivity contribution in [2.24, 2.45) is 0 Å². The highest BCUT2D eigenvalue weighted by Crippen LogP contribution is 2.39. The molecule has 0 bridgehead atoms. The van der Waals surface area contributed by atoms with Gasteiger partial charge >= 0.3 is 12.2 Å². The van der Waals surface area contributed by atoms with Gasteiger partial charge in [-0.15, -0.1) is 0 Å². The maximum Gasteiger partial charge on any atom is 0.416 e.